The van der Waals surface area contributed by atoms with Gasteiger partial charge in [0.1, 0.15) is 0 Å². The maximum atomic E-state index is 11.0. The van der Waals surface area contributed by atoms with E-state index in [1.807, 2.05) is 0 Å². The van der Waals surface area contributed by atoms with E-state index in [-0.39, 0.29) is 4.34 Å². The van der Waals surface area contributed by atoms with E-state index in [0.29, 0.717) is 6.54 Å². The van der Waals surface area contributed by atoms with Gasteiger partial charge < -0.3 is 5.73 Å². The summed E-state index contributed by atoms with van der Waals surface area (Å²) >= 11 is 1.17. The van der Waals surface area contributed by atoms with Gasteiger partial charge in [0.05, 0.1) is 5.69 Å². The van der Waals surface area contributed by atoms with E-state index < -0.39 is 9.84 Å². The number of aromatic nitrogens is 1. The molecule has 1 aromatic rings. The summed E-state index contributed by atoms with van der Waals surface area (Å²) in [5.41, 5.74) is 6.14. The van der Waals surface area contributed by atoms with Crippen LogP contribution in [0, 0.1) is 0 Å². The second-order valence-corrected chi connectivity index (χ2v) is 5.82. The third kappa shape index (κ3) is 3.06. The first kappa shape index (κ1) is 10.6. The molecule has 0 unspecified atom stereocenters. The number of sulfone groups is 1. The Balaban J connectivity index is 2.76. The molecule has 0 fully saturated rings. The minimum atomic E-state index is -3.13. The smallest absolute Gasteiger partial charge is 0.209 e. The molecule has 0 spiro atoms. The van der Waals surface area contributed by atoms with Crippen LogP contribution in [-0.4, -0.2) is 26.2 Å². The van der Waals surface area contributed by atoms with Gasteiger partial charge in [-0.05, 0) is 19.4 Å². The van der Waals surface area contributed by atoms with Crippen molar-refractivity contribution >= 4 is 21.2 Å². The Labute approximate surface area is 81.7 Å². The van der Waals surface area contributed by atoms with E-state index in [1.54, 1.807) is 5.38 Å². The molecule has 0 aliphatic rings. The number of hydrogen-bond donors (Lipinski definition) is 1. The average Bonchev–Trinajstić information content (AvgIpc) is 2.47. The zero-order valence-electron chi connectivity index (χ0n) is 7.36. The van der Waals surface area contributed by atoms with Crippen molar-refractivity contribution in [2.45, 2.75) is 17.2 Å². The van der Waals surface area contributed by atoms with Crippen LogP contribution in [0.25, 0.3) is 0 Å². The SMILES string of the molecule is CS(=O)(=O)c1nc(CCCN)cs1. The van der Waals surface area contributed by atoms with Gasteiger partial charge in [-0.2, -0.15) is 0 Å². The van der Waals surface area contributed by atoms with Crippen molar-refractivity contribution in [1.82, 2.24) is 4.98 Å². The van der Waals surface area contributed by atoms with Crippen LogP contribution >= 0.6 is 11.3 Å². The van der Waals surface area contributed by atoms with Gasteiger partial charge in [0.2, 0.25) is 14.2 Å². The van der Waals surface area contributed by atoms with E-state index in [4.69, 9.17) is 5.73 Å². The van der Waals surface area contributed by atoms with Gasteiger partial charge in [0, 0.05) is 11.6 Å². The summed E-state index contributed by atoms with van der Waals surface area (Å²) in [5, 5.41) is 1.77. The molecule has 0 bridgehead atoms. The molecule has 13 heavy (non-hydrogen) atoms. The molecule has 1 aromatic heterocycles. The first-order chi connectivity index (χ1) is 6.04. The molecule has 0 amide bonds. The number of hydrogen-bond acceptors (Lipinski definition) is 5. The summed E-state index contributed by atoms with van der Waals surface area (Å²) in [6.45, 7) is 0.603. The molecule has 1 rings (SSSR count). The molecule has 6 heteroatoms. The topological polar surface area (TPSA) is 73.0 Å². The number of thiazole rings is 1. The van der Waals surface area contributed by atoms with E-state index in [1.165, 1.54) is 17.6 Å². The summed E-state index contributed by atoms with van der Waals surface area (Å²) in [6, 6.07) is 0. The summed E-state index contributed by atoms with van der Waals surface area (Å²) in [6.07, 6.45) is 2.76. The Hall–Kier alpha value is -0.460. The fraction of sp³-hybridized carbons (Fsp3) is 0.571. The van der Waals surface area contributed by atoms with Crippen molar-refractivity contribution in [2.24, 2.45) is 5.73 Å². The Morgan fingerprint density at radius 1 is 1.62 bits per heavy atom. The monoisotopic (exact) mass is 220 g/mol. The lowest BCUT2D eigenvalue weighted by molar-refractivity contribution is 0.600. The Morgan fingerprint density at radius 2 is 2.31 bits per heavy atom. The molecule has 0 radical (unpaired) electrons. The van der Waals surface area contributed by atoms with Crippen LogP contribution in [0.15, 0.2) is 9.72 Å². The van der Waals surface area contributed by atoms with Gasteiger partial charge in [-0.3, -0.25) is 0 Å². The van der Waals surface area contributed by atoms with Crippen molar-refractivity contribution in [3.8, 4) is 0 Å². The summed E-state index contributed by atoms with van der Waals surface area (Å²) in [5.74, 6) is 0. The van der Waals surface area contributed by atoms with Gasteiger partial charge in [0.15, 0.2) is 0 Å². The van der Waals surface area contributed by atoms with Crippen LogP contribution < -0.4 is 5.73 Å². The highest BCUT2D eigenvalue weighted by Gasteiger charge is 2.11. The summed E-state index contributed by atoms with van der Waals surface area (Å²) in [4.78, 5) is 3.99. The third-order valence-electron chi connectivity index (χ3n) is 1.48. The van der Waals surface area contributed by atoms with E-state index >= 15 is 0 Å². The molecule has 0 atom stereocenters. The number of rotatable bonds is 4. The maximum Gasteiger partial charge on any atom is 0.209 e. The number of nitrogens with zero attached hydrogens (tertiary/aromatic N) is 1. The average molecular weight is 220 g/mol. The van der Waals surface area contributed by atoms with Gasteiger partial charge in [-0.1, -0.05) is 0 Å². The highest BCUT2D eigenvalue weighted by Crippen LogP contribution is 2.16. The Bertz CT molecular complexity index is 370. The predicted molar refractivity (Wildman–Crippen MR) is 52.6 cm³/mol. The normalized spacial score (nSPS) is 11.8. The van der Waals surface area contributed by atoms with Gasteiger partial charge in [-0.25, -0.2) is 13.4 Å². The molecule has 1 heterocycles. The van der Waals surface area contributed by atoms with Crippen LogP contribution in [0.5, 0.6) is 0 Å². The Morgan fingerprint density at radius 3 is 2.77 bits per heavy atom. The van der Waals surface area contributed by atoms with Crippen molar-refractivity contribution in [3.05, 3.63) is 11.1 Å². The lowest BCUT2D eigenvalue weighted by Crippen LogP contribution is -2.01. The molecule has 0 saturated heterocycles. The van der Waals surface area contributed by atoms with Crippen molar-refractivity contribution in [1.29, 1.82) is 0 Å². The standard InChI is InChI=1S/C7H12N2O2S2/c1-13(10,11)7-9-6(5-12-7)3-2-4-8/h5H,2-4,8H2,1H3. The lowest BCUT2D eigenvalue weighted by atomic mass is 10.3. The fourth-order valence-electron chi connectivity index (χ4n) is 0.857. The van der Waals surface area contributed by atoms with Crippen molar-refractivity contribution in [3.63, 3.8) is 0 Å². The lowest BCUT2D eigenvalue weighted by Gasteiger charge is -1.91. The maximum absolute atomic E-state index is 11.0. The van der Waals surface area contributed by atoms with Crippen LogP contribution in [-0.2, 0) is 16.3 Å². The molecule has 2 N–H and O–H groups in total. The second kappa shape index (κ2) is 4.17. The van der Waals surface area contributed by atoms with Crippen LogP contribution in [0.4, 0.5) is 0 Å². The predicted octanol–water partition coefficient (Wildman–Crippen LogP) is 0.438. The van der Waals surface area contributed by atoms with Crippen LogP contribution in [0.2, 0.25) is 0 Å². The molecule has 74 valence electrons. The largest absolute Gasteiger partial charge is 0.330 e. The zero-order chi connectivity index (χ0) is 9.90. The first-order valence-corrected chi connectivity index (χ1v) is 6.65. The highest BCUT2D eigenvalue weighted by atomic mass is 32.2. The quantitative estimate of drug-likeness (QED) is 0.799. The minimum absolute atomic E-state index is 0.194. The second-order valence-electron chi connectivity index (χ2n) is 2.77. The van der Waals surface area contributed by atoms with Gasteiger partial charge in [-0.15, -0.1) is 11.3 Å². The summed E-state index contributed by atoms with van der Waals surface area (Å²) in [7, 11) is -3.13. The molecule has 0 aliphatic heterocycles. The van der Waals surface area contributed by atoms with Crippen LogP contribution in [0.3, 0.4) is 0 Å². The number of aryl methyl sites for hydroxylation is 1. The van der Waals surface area contributed by atoms with E-state index in [0.717, 1.165) is 18.5 Å². The molecule has 0 saturated carbocycles. The van der Waals surface area contributed by atoms with E-state index in [2.05, 4.69) is 4.98 Å². The molecule has 4 nitrogen and oxygen atoms in total. The Kier molecular flexibility index (Phi) is 3.40. The first-order valence-electron chi connectivity index (χ1n) is 3.88. The van der Waals surface area contributed by atoms with E-state index in [9.17, 15) is 8.42 Å². The molecular formula is C7H12N2O2S2. The molecular weight excluding hydrogens is 208 g/mol. The summed E-state index contributed by atoms with van der Waals surface area (Å²) < 4.78 is 22.3. The van der Waals surface area contributed by atoms with Crippen molar-refractivity contribution < 1.29 is 8.42 Å². The fourth-order valence-corrected chi connectivity index (χ4v) is 2.56. The third-order valence-corrected chi connectivity index (χ3v) is 4.09. The van der Waals surface area contributed by atoms with Crippen LogP contribution in [0.1, 0.15) is 12.1 Å². The molecule has 0 aliphatic carbocycles. The minimum Gasteiger partial charge on any atom is -0.330 e. The van der Waals surface area contributed by atoms with Gasteiger partial charge >= 0.3 is 0 Å². The van der Waals surface area contributed by atoms with Crippen molar-refractivity contribution in [2.75, 3.05) is 12.8 Å². The van der Waals surface area contributed by atoms with Gasteiger partial charge in [0.25, 0.3) is 0 Å². The number of nitrogens with two attached hydrogens (primary N) is 1. The molecule has 0 aromatic carbocycles. The zero-order valence-corrected chi connectivity index (χ0v) is 8.99. The highest BCUT2D eigenvalue weighted by molar-refractivity contribution is 7.92.